The number of benzene rings is 2. The van der Waals surface area contributed by atoms with E-state index in [0.717, 1.165) is 0 Å². The van der Waals surface area contributed by atoms with Crippen molar-refractivity contribution in [2.75, 3.05) is 6.54 Å². The molecule has 2 amide bonds. The highest BCUT2D eigenvalue weighted by Gasteiger charge is 2.15. The Labute approximate surface area is 161 Å². The number of furan rings is 1. The minimum atomic E-state index is -0.489. The summed E-state index contributed by atoms with van der Waals surface area (Å²) in [5.41, 5.74) is 0.969. The average molecular weight is 378 g/mol. The van der Waals surface area contributed by atoms with Gasteiger partial charge in [-0.25, -0.2) is 4.39 Å². The van der Waals surface area contributed by atoms with Gasteiger partial charge in [0.05, 0.1) is 6.26 Å². The van der Waals surface area contributed by atoms with Gasteiger partial charge in [-0.15, -0.1) is 0 Å². The van der Waals surface area contributed by atoms with Crippen molar-refractivity contribution in [1.29, 1.82) is 0 Å². The standard InChI is InChI=1S/C22H19FN2O3/c23-19-11-5-4-7-16(19)12-13-24-22(27)20(15-18-10-6-14-28-18)25-21(26)17-8-2-1-3-9-17/h1-11,14-15H,12-13H2,(H,24,27)(H,25,26). The van der Waals surface area contributed by atoms with Crippen LogP contribution in [0.15, 0.2) is 83.1 Å². The molecule has 0 bridgehead atoms. The highest BCUT2D eigenvalue weighted by Crippen LogP contribution is 2.09. The van der Waals surface area contributed by atoms with Crippen LogP contribution in [0.1, 0.15) is 21.7 Å². The summed E-state index contributed by atoms with van der Waals surface area (Å²) < 4.78 is 18.9. The Balaban J connectivity index is 1.69. The number of hydrogen-bond acceptors (Lipinski definition) is 3. The number of hydrogen-bond donors (Lipinski definition) is 2. The zero-order valence-corrected chi connectivity index (χ0v) is 15.0. The first-order chi connectivity index (χ1) is 13.6. The Kier molecular flexibility index (Phi) is 6.36. The summed E-state index contributed by atoms with van der Waals surface area (Å²) in [5.74, 6) is -0.798. The Hall–Kier alpha value is -3.67. The zero-order valence-electron chi connectivity index (χ0n) is 15.0. The molecule has 0 aliphatic carbocycles. The summed E-state index contributed by atoms with van der Waals surface area (Å²) in [4.78, 5) is 25.0. The van der Waals surface area contributed by atoms with E-state index in [1.807, 2.05) is 0 Å². The number of nitrogens with one attached hydrogen (secondary N) is 2. The van der Waals surface area contributed by atoms with Crippen molar-refractivity contribution in [3.8, 4) is 0 Å². The smallest absolute Gasteiger partial charge is 0.267 e. The lowest BCUT2D eigenvalue weighted by atomic mass is 10.1. The largest absolute Gasteiger partial charge is 0.465 e. The van der Waals surface area contributed by atoms with E-state index in [-0.39, 0.29) is 18.1 Å². The van der Waals surface area contributed by atoms with Crippen LogP contribution in [0.4, 0.5) is 4.39 Å². The third-order valence-corrected chi connectivity index (χ3v) is 4.00. The molecule has 28 heavy (non-hydrogen) atoms. The number of rotatable bonds is 7. The molecule has 3 rings (SSSR count). The predicted octanol–water partition coefficient (Wildman–Crippen LogP) is 3.55. The van der Waals surface area contributed by atoms with Gasteiger partial charge < -0.3 is 15.1 Å². The van der Waals surface area contributed by atoms with Crippen LogP contribution < -0.4 is 10.6 Å². The van der Waals surface area contributed by atoms with Crippen molar-refractivity contribution >= 4 is 17.9 Å². The molecule has 2 N–H and O–H groups in total. The first kappa shape index (κ1) is 19.1. The van der Waals surface area contributed by atoms with Crippen molar-refractivity contribution in [2.24, 2.45) is 0 Å². The monoisotopic (exact) mass is 378 g/mol. The second kappa shape index (κ2) is 9.32. The van der Waals surface area contributed by atoms with E-state index in [1.165, 1.54) is 18.4 Å². The van der Waals surface area contributed by atoms with Crippen molar-refractivity contribution in [3.63, 3.8) is 0 Å². The Morgan fingerprint density at radius 1 is 0.964 bits per heavy atom. The van der Waals surface area contributed by atoms with E-state index >= 15 is 0 Å². The third-order valence-electron chi connectivity index (χ3n) is 4.00. The highest BCUT2D eigenvalue weighted by molar-refractivity contribution is 6.05. The Morgan fingerprint density at radius 3 is 2.43 bits per heavy atom. The molecular weight excluding hydrogens is 359 g/mol. The molecule has 0 spiro atoms. The van der Waals surface area contributed by atoms with Crippen LogP contribution in [-0.4, -0.2) is 18.4 Å². The Bertz CT molecular complexity index is 966. The first-order valence-corrected chi connectivity index (χ1v) is 8.76. The summed E-state index contributed by atoms with van der Waals surface area (Å²) in [6, 6.07) is 18.3. The van der Waals surface area contributed by atoms with Gasteiger partial charge in [-0.3, -0.25) is 9.59 Å². The molecule has 0 aliphatic rings. The molecule has 5 nitrogen and oxygen atoms in total. The van der Waals surface area contributed by atoms with Gasteiger partial charge in [0.25, 0.3) is 11.8 Å². The molecule has 3 aromatic rings. The van der Waals surface area contributed by atoms with Gasteiger partial charge in [-0.05, 0) is 42.3 Å². The summed E-state index contributed by atoms with van der Waals surface area (Å²) >= 11 is 0. The van der Waals surface area contributed by atoms with Gasteiger partial charge in [-0.1, -0.05) is 36.4 Å². The molecule has 0 atom stereocenters. The molecule has 0 unspecified atom stereocenters. The summed E-state index contributed by atoms with van der Waals surface area (Å²) in [6.07, 6.45) is 3.25. The lowest BCUT2D eigenvalue weighted by Crippen LogP contribution is -2.35. The molecule has 142 valence electrons. The van der Waals surface area contributed by atoms with Gasteiger partial charge in [0, 0.05) is 18.2 Å². The van der Waals surface area contributed by atoms with Crippen LogP contribution in [0.5, 0.6) is 0 Å². The van der Waals surface area contributed by atoms with Crippen LogP contribution in [0.2, 0.25) is 0 Å². The average Bonchev–Trinajstić information content (AvgIpc) is 3.22. The maximum absolute atomic E-state index is 13.7. The van der Waals surface area contributed by atoms with Gasteiger partial charge in [0.1, 0.15) is 17.3 Å². The molecule has 0 saturated carbocycles. The predicted molar refractivity (Wildman–Crippen MR) is 104 cm³/mol. The van der Waals surface area contributed by atoms with E-state index < -0.39 is 11.8 Å². The molecule has 2 aromatic carbocycles. The minimum absolute atomic E-state index is 0.0392. The lowest BCUT2D eigenvalue weighted by molar-refractivity contribution is -0.117. The van der Waals surface area contributed by atoms with Crippen molar-refractivity contribution in [3.05, 3.63) is 101 Å². The topological polar surface area (TPSA) is 71.3 Å². The fourth-order valence-corrected chi connectivity index (χ4v) is 2.57. The zero-order chi connectivity index (χ0) is 19.8. The molecular formula is C22H19FN2O3. The van der Waals surface area contributed by atoms with E-state index in [1.54, 1.807) is 60.7 Å². The van der Waals surface area contributed by atoms with Crippen LogP contribution in [-0.2, 0) is 11.2 Å². The molecule has 6 heteroatoms. The molecule has 0 radical (unpaired) electrons. The fourth-order valence-electron chi connectivity index (χ4n) is 2.57. The number of carbonyl (C=O) groups excluding carboxylic acids is 2. The summed E-state index contributed by atoms with van der Waals surface area (Å²) in [5, 5.41) is 5.30. The van der Waals surface area contributed by atoms with E-state index in [9.17, 15) is 14.0 Å². The van der Waals surface area contributed by atoms with Crippen LogP contribution in [0, 0.1) is 5.82 Å². The van der Waals surface area contributed by atoms with Gasteiger partial charge in [-0.2, -0.15) is 0 Å². The molecule has 0 aliphatic heterocycles. The number of carbonyl (C=O) groups is 2. The van der Waals surface area contributed by atoms with E-state index in [2.05, 4.69) is 10.6 Å². The van der Waals surface area contributed by atoms with Crippen LogP contribution in [0.25, 0.3) is 6.08 Å². The van der Waals surface area contributed by atoms with E-state index in [0.29, 0.717) is 23.3 Å². The number of amides is 2. The van der Waals surface area contributed by atoms with Crippen LogP contribution >= 0.6 is 0 Å². The van der Waals surface area contributed by atoms with Crippen LogP contribution in [0.3, 0.4) is 0 Å². The van der Waals surface area contributed by atoms with Gasteiger partial charge in [0.2, 0.25) is 0 Å². The molecule has 1 aromatic heterocycles. The highest BCUT2D eigenvalue weighted by atomic mass is 19.1. The maximum atomic E-state index is 13.7. The number of halogens is 1. The minimum Gasteiger partial charge on any atom is -0.465 e. The van der Waals surface area contributed by atoms with Gasteiger partial charge in [0.15, 0.2) is 0 Å². The molecule has 0 saturated heterocycles. The molecule has 0 fully saturated rings. The van der Waals surface area contributed by atoms with Crippen molar-refractivity contribution in [2.45, 2.75) is 6.42 Å². The Morgan fingerprint density at radius 2 is 1.71 bits per heavy atom. The third kappa shape index (κ3) is 5.17. The quantitative estimate of drug-likeness (QED) is 0.618. The van der Waals surface area contributed by atoms with Gasteiger partial charge >= 0.3 is 0 Å². The normalized spacial score (nSPS) is 11.1. The van der Waals surface area contributed by atoms with Crippen molar-refractivity contribution in [1.82, 2.24) is 10.6 Å². The lowest BCUT2D eigenvalue weighted by Gasteiger charge is -2.11. The summed E-state index contributed by atoms with van der Waals surface area (Å²) in [7, 11) is 0. The first-order valence-electron chi connectivity index (χ1n) is 8.76. The van der Waals surface area contributed by atoms with Crippen molar-refractivity contribution < 1.29 is 18.4 Å². The summed E-state index contributed by atoms with van der Waals surface area (Å²) in [6.45, 7) is 0.219. The maximum Gasteiger partial charge on any atom is 0.267 e. The second-order valence-electron chi connectivity index (χ2n) is 5.99. The SMILES string of the molecule is O=C(NCCc1ccccc1F)C(=Cc1ccco1)NC(=O)c1ccccc1. The second-order valence-corrected chi connectivity index (χ2v) is 5.99. The molecule has 1 heterocycles. The van der Waals surface area contributed by atoms with E-state index in [4.69, 9.17) is 4.42 Å². The fraction of sp³-hybridized carbons (Fsp3) is 0.0909.